The summed E-state index contributed by atoms with van der Waals surface area (Å²) in [6.07, 6.45) is 8.38. The van der Waals surface area contributed by atoms with Crippen molar-refractivity contribution in [3.8, 4) is 0 Å². The lowest BCUT2D eigenvalue weighted by molar-refractivity contribution is -0.141. The van der Waals surface area contributed by atoms with Gasteiger partial charge in [-0.25, -0.2) is 0 Å². The molecule has 0 N–H and O–H groups in total. The summed E-state index contributed by atoms with van der Waals surface area (Å²) in [6, 6.07) is 0.243. The van der Waals surface area contributed by atoms with Crippen LogP contribution in [0.5, 0.6) is 0 Å². The van der Waals surface area contributed by atoms with Gasteiger partial charge >= 0.3 is 0 Å². The van der Waals surface area contributed by atoms with Gasteiger partial charge in [0.25, 0.3) is 0 Å². The second-order valence-electron chi connectivity index (χ2n) is 6.61. The number of hydrogen-bond acceptors (Lipinski definition) is 2. The molecule has 1 aliphatic carbocycles. The maximum atomic E-state index is 12.8. The molecule has 3 fully saturated rings. The van der Waals surface area contributed by atoms with Crippen molar-refractivity contribution in [2.75, 3.05) is 13.1 Å². The first kappa shape index (κ1) is 13.9. The Balaban J connectivity index is 1.70. The second-order valence-corrected chi connectivity index (χ2v) is 6.61. The van der Waals surface area contributed by atoms with Gasteiger partial charge < -0.3 is 9.80 Å². The summed E-state index contributed by atoms with van der Waals surface area (Å²) in [5, 5.41) is 0. The average Bonchev–Trinajstić information content (AvgIpc) is 2.93. The average molecular weight is 278 g/mol. The molecule has 0 aromatic rings. The fourth-order valence-corrected chi connectivity index (χ4v) is 4.21. The fourth-order valence-electron chi connectivity index (χ4n) is 4.21. The number of hydrogen-bond donors (Lipinski definition) is 0. The van der Waals surface area contributed by atoms with Crippen LogP contribution in [0.4, 0.5) is 0 Å². The molecule has 2 aliphatic heterocycles. The Morgan fingerprint density at radius 3 is 2.45 bits per heavy atom. The second kappa shape index (κ2) is 5.74. The Kier molecular flexibility index (Phi) is 3.99. The van der Waals surface area contributed by atoms with Gasteiger partial charge in [0.05, 0.1) is 0 Å². The number of carbonyl (C=O) groups is 2. The van der Waals surface area contributed by atoms with Gasteiger partial charge in [-0.3, -0.25) is 9.59 Å². The molecule has 20 heavy (non-hydrogen) atoms. The first-order valence-electron chi connectivity index (χ1n) is 8.30. The van der Waals surface area contributed by atoms with Gasteiger partial charge in [0.1, 0.15) is 6.04 Å². The molecule has 2 amide bonds. The van der Waals surface area contributed by atoms with Crippen LogP contribution in [-0.4, -0.2) is 46.8 Å². The van der Waals surface area contributed by atoms with Crippen LogP contribution in [0.2, 0.25) is 0 Å². The Bertz CT molecular complexity index is 388. The minimum atomic E-state index is -0.145. The van der Waals surface area contributed by atoms with Crippen LogP contribution < -0.4 is 0 Å². The van der Waals surface area contributed by atoms with Crippen molar-refractivity contribution in [1.82, 2.24) is 9.80 Å². The number of amides is 2. The molecule has 112 valence electrons. The van der Waals surface area contributed by atoms with Gasteiger partial charge in [-0.15, -0.1) is 0 Å². The first-order chi connectivity index (χ1) is 9.70. The van der Waals surface area contributed by atoms with E-state index in [0.717, 1.165) is 38.1 Å². The SMILES string of the molecule is CCC1CCC(N2CCC(=O)N3CCCC3C2=O)CC1. The van der Waals surface area contributed by atoms with E-state index in [9.17, 15) is 9.59 Å². The van der Waals surface area contributed by atoms with E-state index >= 15 is 0 Å². The zero-order valence-electron chi connectivity index (χ0n) is 12.5. The normalized spacial score (nSPS) is 35.1. The van der Waals surface area contributed by atoms with Crippen molar-refractivity contribution < 1.29 is 9.59 Å². The topological polar surface area (TPSA) is 40.6 Å². The molecule has 0 radical (unpaired) electrons. The molecule has 3 rings (SSSR count). The van der Waals surface area contributed by atoms with E-state index in [1.807, 2.05) is 4.90 Å². The van der Waals surface area contributed by atoms with Gasteiger partial charge in [0.15, 0.2) is 0 Å². The van der Waals surface area contributed by atoms with Crippen LogP contribution in [0.3, 0.4) is 0 Å². The van der Waals surface area contributed by atoms with Crippen molar-refractivity contribution in [3.63, 3.8) is 0 Å². The van der Waals surface area contributed by atoms with Crippen molar-refractivity contribution in [2.24, 2.45) is 5.92 Å². The maximum Gasteiger partial charge on any atom is 0.245 e. The third-order valence-electron chi connectivity index (χ3n) is 5.54. The summed E-state index contributed by atoms with van der Waals surface area (Å²) in [7, 11) is 0. The molecule has 0 aromatic heterocycles. The van der Waals surface area contributed by atoms with E-state index in [1.54, 1.807) is 0 Å². The van der Waals surface area contributed by atoms with Crippen LogP contribution in [0.25, 0.3) is 0 Å². The Morgan fingerprint density at radius 2 is 1.75 bits per heavy atom. The summed E-state index contributed by atoms with van der Waals surface area (Å²) in [5.74, 6) is 1.26. The standard InChI is InChI=1S/C16H26N2O2/c1-2-12-5-7-13(8-6-12)17-11-9-15(19)18-10-3-4-14(18)16(17)20/h12-14H,2-11H2,1H3. The van der Waals surface area contributed by atoms with Gasteiger partial charge in [-0.1, -0.05) is 13.3 Å². The Morgan fingerprint density at radius 1 is 1.00 bits per heavy atom. The molecule has 2 heterocycles. The lowest BCUT2D eigenvalue weighted by Crippen LogP contribution is -2.48. The van der Waals surface area contributed by atoms with E-state index < -0.39 is 0 Å². The lowest BCUT2D eigenvalue weighted by Gasteiger charge is -2.37. The van der Waals surface area contributed by atoms with E-state index in [-0.39, 0.29) is 17.9 Å². The quantitative estimate of drug-likeness (QED) is 0.777. The molecule has 0 spiro atoms. The smallest absolute Gasteiger partial charge is 0.245 e. The summed E-state index contributed by atoms with van der Waals surface area (Å²) < 4.78 is 0. The molecule has 0 bridgehead atoms. The summed E-state index contributed by atoms with van der Waals surface area (Å²) in [5.41, 5.74) is 0. The van der Waals surface area contributed by atoms with Gasteiger partial charge in [0, 0.05) is 25.6 Å². The van der Waals surface area contributed by atoms with E-state index in [1.165, 1.54) is 19.3 Å². The molecule has 4 nitrogen and oxygen atoms in total. The number of fused-ring (bicyclic) bond motifs is 1. The molecule has 1 atom stereocenters. The largest absolute Gasteiger partial charge is 0.337 e. The highest BCUT2D eigenvalue weighted by molar-refractivity contribution is 5.90. The van der Waals surface area contributed by atoms with E-state index in [4.69, 9.17) is 0 Å². The van der Waals surface area contributed by atoms with Gasteiger partial charge in [-0.2, -0.15) is 0 Å². The molecule has 1 saturated carbocycles. The van der Waals surface area contributed by atoms with Crippen LogP contribution in [0.1, 0.15) is 58.3 Å². The van der Waals surface area contributed by atoms with Crippen molar-refractivity contribution in [1.29, 1.82) is 0 Å². The zero-order valence-corrected chi connectivity index (χ0v) is 12.5. The van der Waals surface area contributed by atoms with Gasteiger partial charge in [-0.05, 0) is 44.4 Å². The van der Waals surface area contributed by atoms with Crippen molar-refractivity contribution in [3.05, 3.63) is 0 Å². The number of rotatable bonds is 2. The summed E-state index contributed by atoms with van der Waals surface area (Å²) in [6.45, 7) is 3.69. The highest BCUT2D eigenvalue weighted by Gasteiger charge is 2.41. The third kappa shape index (κ3) is 2.45. The molecule has 1 unspecified atom stereocenters. The number of nitrogens with zero attached hydrogens (tertiary/aromatic N) is 2. The van der Waals surface area contributed by atoms with Crippen LogP contribution in [-0.2, 0) is 9.59 Å². The summed E-state index contributed by atoms with van der Waals surface area (Å²) in [4.78, 5) is 28.8. The highest BCUT2D eigenvalue weighted by atomic mass is 16.2. The van der Waals surface area contributed by atoms with E-state index in [0.29, 0.717) is 19.0 Å². The fraction of sp³-hybridized carbons (Fsp3) is 0.875. The van der Waals surface area contributed by atoms with Crippen LogP contribution in [0.15, 0.2) is 0 Å². The molecule has 3 aliphatic rings. The highest BCUT2D eigenvalue weighted by Crippen LogP contribution is 2.32. The molecule has 4 heteroatoms. The predicted molar refractivity (Wildman–Crippen MR) is 77.1 cm³/mol. The molecule has 0 aromatic carbocycles. The predicted octanol–water partition coefficient (Wildman–Crippen LogP) is 2.18. The lowest BCUT2D eigenvalue weighted by atomic mass is 9.83. The Labute approximate surface area is 121 Å². The summed E-state index contributed by atoms with van der Waals surface area (Å²) >= 11 is 0. The van der Waals surface area contributed by atoms with E-state index in [2.05, 4.69) is 11.8 Å². The minimum Gasteiger partial charge on any atom is -0.337 e. The number of carbonyl (C=O) groups excluding carboxylic acids is 2. The van der Waals surface area contributed by atoms with Crippen molar-refractivity contribution in [2.45, 2.75) is 70.4 Å². The maximum absolute atomic E-state index is 12.8. The van der Waals surface area contributed by atoms with Crippen LogP contribution >= 0.6 is 0 Å². The minimum absolute atomic E-state index is 0.145. The van der Waals surface area contributed by atoms with Crippen molar-refractivity contribution >= 4 is 11.8 Å². The van der Waals surface area contributed by atoms with Gasteiger partial charge in [0.2, 0.25) is 11.8 Å². The molecular formula is C16H26N2O2. The molecule has 2 saturated heterocycles. The Hall–Kier alpha value is -1.06. The monoisotopic (exact) mass is 278 g/mol. The zero-order chi connectivity index (χ0) is 14.1. The first-order valence-corrected chi connectivity index (χ1v) is 8.30. The van der Waals surface area contributed by atoms with Crippen LogP contribution in [0, 0.1) is 5.92 Å². The molecular weight excluding hydrogens is 252 g/mol. The third-order valence-corrected chi connectivity index (χ3v) is 5.54.